The van der Waals surface area contributed by atoms with Gasteiger partial charge in [-0.05, 0) is 0 Å². The van der Waals surface area contributed by atoms with Crippen molar-refractivity contribution < 1.29 is 34.5 Å². The molecule has 1 amide bonds. The average Bonchev–Trinajstić information content (AvgIpc) is 2.56. The first kappa shape index (κ1) is 12.9. The lowest BCUT2D eigenvalue weighted by Gasteiger charge is -2.28. The highest BCUT2D eigenvalue weighted by Crippen LogP contribution is 2.29. The fourth-order valence-corrected chi connectivity index (χ4v) is 1.68. The molecule has 2 unspecified atom stereocenters. The molecule has 0 aromatic rings. The van der Waals surface area contributed by atoms with Gasteiger partial charge in [-0.25, -0.2) is 9.59 Å². The van der Waals surface area contributed by atoms with E-state index in [0.29, 0.717) is 4.90 Å². The summed E-state index contributed by atoms with van der Waals surface area (Å²) in [5.41, 5.74) is 3.10. The molecule has 2 atom stereocenters. The Hall–Kier alpha value is -2.16. The van der Waals surface area contributed by atoms with Crippen LogP contribution in [0.4, 0.5) is 0 Å². The van der Waals surface area contributed by atoms with Gasteiger partial charge in [0.2, 0.25) is 0 Å². The molecule has 1 aliphatic heterocycles. The lowest BCUT2D eigenvalue weighted by atomic mass is 10.0. The lowest BCUT2D eigenvalue weighted by molar-refractivity contribution is -0.164. The average molecular weight is 246 g/mol. The van der Waals surface area contributed by atoms with Gasteiger partial charge in [-0.1, -0.05) is 0 Å². The minimum atomic E-state index is -2.29. The molecule has 1 fully saturated rings. The largest absolute Gasteiger partial charge is 0.481 e. The quantitative estimate of drug-likeness (QED) is 0.397. The summed E-state index contributed by atoms with van der Waals surface area (Å²) in [4.78, 5) is 43.7. The summed E-state index contributed by atoms with van der Waals surface area (Å²) >= 11 is 0. The molecule has 9 nitrogen and oxygen atoms in total. The number of hydrogen-bond donors (Lipinski definition) is 4. The van der Waals surface area contributed by atoms with Crippen LogP contribution in [0.15, 0.2) is 0 Å². The summed E-state index contributed by atoms with van der Waals surface area (Å²) in [5.74, 6) is -7.58. The molecule has 5 N–H and O–H groups in total. The summed E-state index contributed by atoms with van der Waals surface area (Å²) < 4.78 is 0. The molecule has 0 spiro atoms. The summed E-state index contributed by atoms with van der Waals surface area (Å²) in [5, 5.41) is 26.1. The Labute approximate surface area is 94.4 Å². The van der Waals surface area contributed by atoms with Crippen LogP contribution in [0.1, 0.15) is 6.42 Å². The van der Waals surface area contributed by atoms with Gasteiger partial charge in [0.1, 0.15) is 0 Å². The highest BCUT2D eigenvalue weighted by molar-refractivity contribution is 6.32. The summed E-state index contributed by atoms with van der Waals surface area (Å²) in [7, 11) is 0. The Kier molecular flexibility index (Phi) is 3.05. The molecular weight excluding hydrogens is 236 g/mol. The standard InChI is InChI=1S/C8H10N2O7/c9-8(7(16)17)1-3(5(12)13)2-10(8)4(11)6(14)15/h3H,1-2,9H2,(H,12,13)(H,14,15)(H,16,17). The van der Waals surface area contributed by atoms with Crippen molar-refractivity contribution in [2.24, 2.45) is 11.7 Å². The third kappa shape index (κ3) is 2.04. The number of carboxylic acid groups (broad SMARTS) is 3. The van der Waals surface area contributed by atoms with Crippen molar-refractivity contribution in [2.75, 3.05) is 6.54 Å². The zero-order valence-corrected chi connectivity index (χ0v) is 8.49. The number of rotatable bonds is 2. The maximum atomic E-state index is 11.2. The van der Waals surface area contributed by atoms with Gasteiger partial charge in [-0.3, -0.25) is 15.3 Å². The first-order chi connectivity index (χ1) is 7.70. The molecule has 0 bridgehead atoms. The van der Waals surface area contributed by atoms with E-state index < -0.39 is 48.4 Å². The van der Waals surface area contributed by atoms with Crippen molar-refractivity contribution >= 4 is 23.8 Å². The molecule has 1 heterocycles. The summed E-state index contributed by atoms with van der Waals surface area (Å²) in [6, 6.07) is 0. The predicted octanol–water partition coefficient (Wildman–Crippen LogP) is -2.26. The summed E-state index contributed by atoms with van der Waals surface area (Å²) in [6.07, 6.45) is -0.531. The second-order valence-corrected chi connectivity index (χ2v) is 3.69. The zero-order valence-electron chi connectivity index (χ0n) is 8.49. The Morgan fingerprint density at radius 2 is 1.71 bits per heavy atom. The summed E-state index contributed by atoms with van der Waals surface area (Å²) in [6.45, 7) is -0.538. The van der Waals surface area contributed by atoms with E-state index in [1.807, 2.05) is 0 Å². The molecule has 1 rings (SSSR count). The molecular formula is C8H10N2O7. The molecule has 1 saturated heterocycles. The second-order valence-electron chi connectivity index (χ2n) is 3.69. The monoisotopic (exact) mass is 246 g/mol. The Morgan fingerprint density at radius 1 is 1.18 bits per heavy atom. The second kappa shape index (κ2) is 4.01. The number of carbonyl (C=O) groups is 4. The van der Waals surface area contributed by atoms with E-state index in [1.165, 1.54) is 0 Å². The van der Waals surface area contributed by atoms with Gasteiger partial charge in [0, 0.05) is 13.0 Å². The number of carbonyl (C=O) groups excluding carboxylic acids is 1. The van der Waals surface area contributed by atoms with Crippen LogP contribution in [-0.2, 0) is 19.2 Å². The molecule has 0 radical (unpaired) electrons. The highest BCUT2D eigenvalue weighted by Gasteiger charge is 2.54. The van der Waals surface area contributed by atoms with Gasteiger partial charge in [-0.15, -0.1) is 0 Å². The number of hydrogen-bond acceptors (Lipinski definition) is 5. The van der Waals surface area contributed by atoms with Crippen molar-refractivity contribution in [3.05, 3.63) is 0 Å². The Morgan fingerprint density at radius 3 is 2.06 bits per heavy atom. The van der Waals surface area contributed by atoms with Crippen molar-refractivity contribution in [3.8, 4) is 0 Å². The van der Waals surface area contributed by atoms with Crippen LogP contribution in [0.25, 0.3) is 0 Å². The van der Waals surface area contributed by atoms with Gasteiger partial charge >= 0.3 is 23.8 Å². The number of nitrogens with zero attached hydrogens (tertiary/aromatic N) is 1. The van der Waals surface area contributed by atoms with E-state index in [4.69, 9.17) is 21.1 Å². The number of carboxylic acids is 3. The molecule has 9 heteroatoms. The third-order valence-electron chi connectivity index (χ3n) is 2.59. The highest BCUT2D eigenvalue weighted by atomic mass is 16.4. The first-order valence-corrected chi connectivity index (χ1v) is 4.50. The maximum Gasteiger partial charge on any atom is 0.394 e. The normalized spacial score (nSPS) is 27.8. The number of likely N-dealkylation sites (tertiary alicyclic amines) is 1. The van der Waals surface area contributed by atoms with Crippen molar-refractivity contribution in [1.82, 2.24) is 4.90 Å². The molecule has 0 aromatic carbocycles. The van der Waals surface area contributed by atoms with Gasteiger partial charge in [0.25, 0.3) is 0 Å². The topological polar surface area (TPSA) is 158 Å². The van der Waals surface area contributed by atoms with Crippen LogP contribution in [0.3, 0.4) is 0 Å². The van der Waals surface area contributed by atoms with E-state index in [-0.39, 0.29) is 0 Å². The molecule has 0 saturated carbocycles. The molecule has 0 aromatic heterocycles. The smallest absolute Gasteiger partial charge is 0.394 e. The minimum absolute atomic E-state index is 0.358. The van der Waals surface area contributed by atoms with E-state index >= 15 is 0 Å². The zero-order chi connectivity index (χ0) is 13.4. The molecule has 17 heavy (non-hydrogen) atoms. The van der Waals surface area contributed by atoms with E-state index in [1.54, 1.807) is 0 Å². The van der Waals surface area contributed by atoms with Crippen molar-refractivity contribution in [2.45, 2.75) is 12.1 Å². The predicted molar refractivity (Wildman–Crippen MR) is 49.6 cm³/mol. The van der Waals surface area contributed by atoms with Crippen molar-refractivity contribution in [3.63, 3.8) is 0 Å². The van der Waals surface area contributed by atoms with Gasteiger partial charge in [-0.2, -0.15) is 0 Å². The third-order valence-corrected chi connectivity index (χ3v) is 2.59. The number of amides is 1. The molecule has 0 aliphatic carbocycles. The van der Waals surface area contributed by atoms with Crippen LogP contribution >= 0.6 is 0 Å². The molecule has 1 aliphatic rings. The molecule has 94 valence electrons. The lowest BCUT2D eigenvalue weighted by Crippen LogP contribution is -2.61. The van der Waals surface area contributed by atoms with Crippen LogP contribution < -0.4 is 5.73 Å². The SMILES string of the molecule is NC1(C(=O)O)CC(C(=O)O)CN1C(=O)C(=O)O. The Balaban J connectivity index is 3.09. The number of nitrogens with two attached hydrogens (primary N) is 1. The van der Waals surface area contributed by atoms with Crippen LogP contribution in [0.2, 0.25) is 0 Å². The van der Waals surface area contributed by atoms with Gasteiger partial charge < -0.3 is 20.2 Å². The van der Waals surface area contributed by atoms with E-state index in [2.05, 4.69) is 0 Å². The fraction of sp³-hybridized carbons (Fsp3) is 0.500. The van der Waals surface area contributed by atoms with Crippen molar-refractivity contribution in [1.29, 1.82) is 0 Å². The van der Waals surface area contributed by atoms with Gasteiger partial charge in [0.15, 0.2) is 5.66 Å². The maximum absolute atomic E-state index is 11.2. The number of aliphatic carboxylic acids is 3. The first-order valence-electron chi connectivity index (χ1n) is 4.50. The van der Waals surface area contributed by atoms with Gasteiger partial charge in [0.05, 0.1) is 5.92 Å². The van der Waals surface area contributed by atoms with E-state index in [9.17, 15) is 19.2 Å². The van der Waals surface area contributed by atoms with Crippen LogP contribution in [0, 0.1) is 5.92 Å². The van der Waals surface area contributed by atoms with Crippen LogP contribution in [0.5, 0.6) is 0 Å². The van der Waals surface area contributed by atoms with Crippen LogP contribution in [-0.4, -0.2) is 56.2 Å². The minimum Gasteiger partial charge on any atom is -0.481 e. The Bertz CT molecular complexity index is 407. The van der Waals surface area contributed by atoms with E-state index in [0.717, 1.165) is 0 Å². The fourth-order valence-electron chi connectivity index (χ4n) is 1.68.